The van der Waals surface area contributed by atoms with Gasteiger partial charge in [-0.25, -0.2) is 14.8 Å². The molecule has 2 aromatic heterocycles. The molecule has 1 atom stereocenters. The lowest BCUT2D eigenvalue weighted by molar-refractivity contribution is 0.154. The Bertz CT molecular complexity index is 656. The van der Waals surface area contributed by atoms with Crippen LogP contribution in [-0.2, 0) is 0 Å². The van der Waals surface area contributed by atoms with Crippen LogP contribution in [-0.4, -0.2) is 43.7 Å². The lowest BCUT2D eigenvalue weighted by atomic mass is 10.2. The van der Waals surface area contributed by atoms with E-state index in [1.807, 2.05) is 10.8 Å². The second-order valence-corrected chi connectivity index (χ2v) is 5.68. The highest BCUT2D eigenvalue weighted by molar-refractivity contribution is 14.1. The Hall–Kier alpha value is -1.58. The number of nitrogens with two attached hydrogens (primary N) is 1. The summed E-state index contributed by atoms with van der Waals surface area (Å²) in [6.07, 6.45) is 3.32. The number of amides is 1. The molecule has 2 aromatic rings. The molecule has 1 aliphatic rings. The van der Waals surface area contributed by atoms with Gasteiger partial charge in [-0.1, -0.05) is 0 Å². The highest BCUT2D eigenvalue weighted by atomic mass is 127. The van der Waals surface area contributed by atoms with E-state index in [9.17, 15) is 4.79 Å². The highest BCUT2D eigenvalue weighted by Gasteiger charge is 2.28. The van der Waals surface area contributed by atoms with Crippen LogP contribution in [0, 0.1) is 3.57 Å². The topological polar surface area (TPSA) is 97.3 Å². The summed E-state index contributed by atoms with van der Waals surface area (Å²) in [6.45, 7) is 1.04. The number of anilines is 1. The summed E-state index contributed by atoms with van der Waals surface area (Å²) >= 11 is 2.20. The van der Waals surface area contributed by atoms with Gasteiger partial charge in [0, 0.05) is 22.9 Å². The molecular formula is C11H12IN5O2. The van der Waals surface area contributed by atoms with Gasteiger partial charge >= 0.3 is 6.09 Å². The van der Waals surface area contributed by atoms with Crippen LogP contribution in [0.15, 0.2) is 12.5 Å². The first-order valence-electron chi connectivity index (χ1n) is 5.82. The van der Waals surface area contributed by atoms with Gasteiger partial charge in [-0.3, -0.25) is 0 Å². The molecule has 1 saturated heterocycles. The first-order valence-corrected chi connectivity index (χ1v) is 6.90. The minimum absolute atomic E-state index is 0.108. The van der Waals surface area contributed by atoms with Gasteiger partial charge in [0.15, 0.2) is 0 Å². The largest absolute Gasteiger partial charge is 0.465 e. The molecule has 1 aliphatic heterocycles. The average Bonchev–Trinajstić information content (AvgIpc) is 2.95. The Morgan fingerprint density at radius 1 is 1.53 bits per heavy atom. The summed E-state index contributed by atoms with van der Waals surface area (Å²) in [6, 6.07) is 0.108. The SMILES string of the molecule is Nc1ncnc2c1c(I)cn2C1CCN(C(=O)O)C1. The minimum atomic E-state index is -0.872. The van der Waals surface area contributed by atoms with Crippen molar-refractivity contribution in [3.05, 3.63) is 16.1 Å². The van der Waals surface area contributed by atoms with Gasteiger partial charge in [0.2, 0.25) is 0 Å². The molecule has 19 heavy (non-hydrogen) atoms. The minimum Gasteiger partial charge on any atom is -0.465 e. The fraction of sp³-hybridized carbons (Fsp3) is 0.364. The molecule has 0 radical (unpaired) electrons. The predicted octanol–water partition coefficient (Wildman–Crippen LogP) is 1.54. The van der Waals surface area contributed by atoms with Gasteiger partial charge in [0.05, 0.1) is 11.4 Å². The number of hydrogen-bond donors (Lipinski definition) is 2. The lowest BCUT2D eigenvalue weighted by Gasteiger charge is -2.14. The molecule has 1 amide bonds. The van der Waals surface area contributed by atoms with Crippen LogP contribution in [0.25, 0.3) is 11.0 Å². The maximum Gasteiger partial charge on any atom is 0.407 e. The molecule has 0 aromatic carbocycles. The number of fused-ring (bicyclic) bond motifs is 1. The number of aromatic nitrogens is 3. The molecule has 8 heteroatoms. The molecule has 0 bridgehead atoms. The normalized spacial score (nSPS) is 19.2. The van der Waals surface area contributed by atoms with Crippen molar-refractivity contribution in [1.29, 1.82) is 0 Å². The van der Waals surface area contributed by atoms with Crippen LogP contribution in [0.5, 0.6) is 0 Å². The Labute approximate surface area is 122 Å². The van der Waals surface area contributed by atoms with E-state index in [1.54, 1.807) is 0 Å². The molecule has 3 rings (SSSR count). The van der Waals surface area contributed by atoms with Crippen LogP contribution in [0.2, 0.25) is 0 Å². The Morgan fingerprint density at radius 2 is 2.32 bits per heavy atom. The van der Waals surface area contributed by atoms with Crippen molar-refractivity contribution in [3.63, 3.8) is 0 Å². The average molecular weight is 373 g/mol. The zero-order valence-corrected chi connectivity index (χ0v) is 12.1. The van der Waals surface area contributed by atoms with Gasteiger partial charge in [0.1, 0.15) is 17.8 Å². The van der Waals surface area contributed by atoms with Crippen molar-refractivity contribution in [2.24, 2.45) is 0 Å². The third kappa shape index (κ3) is 1.99. The molecule has 0 spiro atoms. The summed E-state index contributed by atoms with van der Waals surface area (Å²) in [5.74, 6) is 0.459. The summed E-state index contributed by atoms with van der Waals surface area (Å²) < 4.78 is 3.00. The molecule has 100 valence electrons. The van der Waals surface area contributed by atoms with Crippen LogP contribution in [0.3, 0.4) is 0 Å². The van der Waals surface area contributed by atoms with Crippen molar-refractivity contribution in [2.75, 3.05) is 18.8 Å². The van der Waals surface area contributed by atoms with Gasteiger partial charge < -0.3 is 20.3 Å². The van der Waals surface area contributed by atoms with Crippen molar-refractivity contribution in [2.45, 2.75) is 12.5 Å². The number of nitrogen functional groups attached to an aromatic ring is 1. The van der Waals surface area contributed by atoms with Crippen molar-refractivity contribution >= 4 is 45.5 Å². The molecular weight excluding hydrogens is 361 g/mol. The van der Waals surface area contributed by atoms with Crippen LogP contribution in [0.1, 0.15) is 12.5 Å². The predicted molar refractivity (Wildman–Crippen MR) is 77.9 cm³/mol. The Kier molecular flexibility index (Phi) is 2.96. The van der Waals surface area contributed by atoms with E-state index in [0.717, 1.165) is 21.0 Å². The maximum absolute atomic E-state index is 11.0. The number of carboxylic acid groups (broad SMARTS) is 1. The first kappa shape index (κ1) is 12.5. The third-order valence-corrected chi connectivity index (χ3v) is 4.24. The van der Waals surface area contributed by atoms with Gasteiger partial charge in [-0.15, -0.1) is 0 Å². The number of likely N-dealkylation sites (tertiary alicyclic amines) is 1. The second kappa shape index (κ2) is 4.51. The summed E-state index contributed by atoms with van der Waals surface area (Å²) in [4.78, 5) is 20.7. The molecule has 0 aliphatic carbocycles. The maximum atomic E-state index is 11.0. The highest BCUT2D eigenvalue weighted by Crippen LogP contribution is 2.31. The zero-order chi connectivity index (χ0) is 13.6. The van der Waals surface area contributed by atoms with Gasteiger partial charge in [0.25, 0.3) is 0 Å². The van der Waals surface area contributed by atoms with Gasteiger partial charge in [-0.2, -0.15) is 0 Å². The summed E-state index contributed by atoms with van der Waals surface area (Å²) in [5.41, 5.74) is 6.64. The summed E-state index contributed by atoms with van der Waals surface area (Å²) in [7, 11) is 0. The summed E-state index contributed by atoms with van der Waals surface area (Å²) in [5, 5.41) is 9.85. The molecule has 7 nitrogen and oxygen atoms in total. The quantitative estimate of drug-likeness (QED) is 0.740. The molecule has 0 saturated carbocycles. The fourth-order valence-electron chi connectivity index (χ4n) is 2.48. The van der Waals surface area contributed by atoms with Crippen LogP contribution in [0.4, 0.5) is 10.6 Å². The lowest BCUT2D eigenvalue weighted by Crippen LogP contribution is -2.27. The third-order valence-electron chi connectivity index (χ3n) is 3.42. The van der Waals surface area contributed by atoms with E-state index < -0.39 is 6.09 Å². The number of halogens is 1. The molecule has 3 heterocycles. The number of nitrogens with zero attached hydrogens (tertiary/aromatic N) is 4. The van der Waals surface area contributed by atoms with E-state index in [-0.39, 0.29) is 6.04 Å². The van der Waals surface area contributed by atoms with E-state index in [4.69, 9.17) is 10.8 Å². The van der Waals surface area contributed by atoms with Gasteiger partial charge in [-0.05, 0) is 29.0 Å². The fourth-order valence-corrected chi connectivity index (χ4v) is 3.30. The number of carbonyl (C=O) groups is 1. The molecule has 1 unspecified atom stereocenters. The molecule has 1 fully saturated rings. The van der Waals surface area contributed by atoms with Crippen LogP contribution < -0.4 is 5.73 Å². The monoisotopic (exact) mass is 373 g/mol. The number of hydrogen-bond acceptors (Lipinski definition) is 4. The Balaban J connectivity index is 2.03. The van der Waals surface area contributed by atoms with E-state index >= 15 is 0 Å². The van der Waals surface area contributed by atoms with Crippen molar-refractivity contribution in [1.82, 2.24) is 19.4 Å². The van der Waals surface area contributed by atoms with Crippen LogP contribution >= 0.6 is 22.6 Å². The second-order valence-electron chi connectivity index (χ2n) is 4.51. The molecule has 3 N–H and O–H groups in total. The smallest absolute Gasteiger partial charge is 0.407 e. The van der Waals surface area contributed by atoms with E-state index in [2.05, 4.69) is 32.6 Å². The van der Waals surface area contributed by atoms with E-state index in [1.165, 1.54) is 11.2 Å². The zero-order valence-electron chi connectivity index (χ0n) is 9.95. The first-order chi connectivity index (χ1) is 9.08. The van der Waals surface area contributed by atoms with E-state index in [0.29, 0.717) is 18.9 Å². The standard InChI is InChI=1S/C11H12IN5O2/c12-7-4-17(6-1-2-16(3-6)11(18)19)10-8(7)9(13)14-5-15-10/h4-6H,1-3H2,(H,18,19)(H2,13,14,15). The van der Waals surface area contributed by atoms with Crippen molar-refractivity contribution in [3.8, 4) is 0 Å². The Morgan fingerprint density at radius 3 is 3.00 bits per heavy atom. The number of rotatable bonds is 1. The van der Waals surface area contributed by atoms with Crippen molar-refractivity contribution < 1.29 is 9.90 Å².